The van der Waals surface area contributed by atoms with Crippen molar-refractivity contribution in [2.45, 2.75) is 32.2 Å². The summed E-state index contributed by atoms with van der Waals surface area (Å²) in [5, 5.41) is 0.427. The average Bonchev–Trinajstić information content (AvgIpc) is 3.26. The summed E-state index contributed by atoms with van der Waals surface area (Å²) in [4.78, 5) is 66.2. The van der Waals surface area contributed by atoms with Crippen molar-refractivity contribution in [3.05, 3.63) is 65.2 Å². The van der Waals surface area contributed by atoms with Crippen LogP contribution in [0.4, 0.5) is 10.5 Å². The standard InChI is InChI=1S/C28H28N2O8S2/c31-24(29-19-22-7-2-1-5-20(22)9-10-21-6-3-4-8-23(21)29)13-14-27(34)36-15-17-39-40-18-16-37-28(35)38-30-25(32)11-12-26(30)33/h1-10H,11-19H2/b10-9-. The van der Waals surface area contributed by atoms with Gasteiger partial charge in [0.1, 0.15) is 13.2 Å². The van der Waals surface area contributed by atoms with E-state index < -0.39 is 23.9 Å². The molecule has 12 heteroatoms. The second-order valence-electron chi connectivity index (χ2n) is 8.71. The lowest BCUT2D eigenvalue weighted by Crippen LogP contribution is -2.32. The molecule has 0 unspecified atom stereocenters. The van der Waals surface area contributed by atoms with Crippen LogP contribution in [0.5, 0.6) is 0 Å². The van der Waals surface area contributed by atoms with Crippen LogP contribution in [0.3, 0.4) is 0 Å². The Hall–Kier alpha value is -3.77. The molecule has 2 heterocycles. The number of para-hydroxylation sites is 1. The van der Waals surface area contributed by atoms with Gasteiger partial charge < -0.3 is 14.4 Å². The minimum absolute atomic E-state index is 0.0132. The zero-order chi connectivity index (χ0) is 28.3. The summed E-state index contributed by atoms with van der Waals surface area (Å²) in [5.74, 6) is -0.810. The molecule has 0 saturated carbocycles. The number of nitrogens with zero attached hydrogens (tertiary/aromatic N) is 2. The van der Waals surface area contributed by atoms with Crippen LogP contribution in [0.2, 0.25) is 0 Å². The molecule has 210 valence electrons. The van der Waals surface area contributed by atoms with Gasteiger partial charge in [0.05, 0.1) is 18.7 Å². The Morgan fingerprint density at radius 1 is 0.775 bits per heavy atom. The highest BCUT2D eigenvalue weighted by molar-refractivity contribution is 8.76. The Balaban J connectivity index is 1.12. The number of imide groups is 1. The molecule has 0 atom stereocenters. The Morgan fingerprint density at radius 2 is 1.40 bits per heavy atom. The second-order valence-corrected chi connectivity index (χ2v) is 11.4. The third kappa shape index (κ3) is 8.12. The van der Waals surface area contributed by atoms with Crippen LogP contribution >= 0.6 is 21.6 Å². The topological polar surface area (TPSA) is 120 Å². The number of rotatable bonds is 11. The van der Waals surface area contributed by atoms with Crippen LogP contribution in [0, 0.1) is 0 Å². The fourth-order valence-corrected chi connectivity index (χ4v) is 5.67. The Labute approximate surface area is 239 Å². The minimum Gasteiger partial charge on any atom is -0.465 e. The summed E-state index contributed by atoms with van der Waals surface area (Å²) in [6.45, 7) is 0.612. The molecule has 0 N–H and O–H groups in total. The van der Waals surface area contributed by atoms with E-state index in [-0.39, 0.29) is 44.8 Å². The van der Waals surface area contributed by atoms with Gasteiger partial charge in [0, 0.05) is 30.8 Å². The zero-order valence-corrected chi connectivity index (χ0v) is 23.2. The molecule has 40 heavy (non-hydrogen) atoms. The third-order valence-electron chi connectivity index (χ3n) is 5.97. The van der Waals surface area contributed by atoms with Gasteiger partial charge in [-0.05, 0) is 22.8 Å². The van der Waals surface area contributed by atoms with Crippen LogP contribution in [-0.4, -0.2) is 59.6 Å². The molecular formula is C28H28N2O8S2. The van der Waals surface area contributed by atoms with E-state index in [1.54, 1.807) is 4.90 Å². The fraction of sp³-hybridized carbons (Fsp3) is 0.321. The highest BCUT2D eigenvalue weighted by Crippen LogP contribution is 2.29. The van der Waals surface area contributed by atoms with E-state index >= 15 is 0 Å². The van der Waals surface area contributed by atoms with Gasteiger partial charge in [-0.3, -0.25) is 24.0 Å². The molecule has 2 aliphatic rings. The summed E-state index contributed by atoms with van der Waals surface area (Å²) >= 11 is 0. The van der Waals surface area contributed by atoms with Crippen molar-refractivity contribution in [3.8, 4) is 0 Å². The van der Waals surface area contributed by atoms with E-state index in [1.165, 1.54) is 21.6 Å². The van der Waals surface area contributed by atoms with E-state index in [2.05, 4.69) is 4.84 Å². The Bertz CT molecular complexity index is 1280. The number of benzene rings is 2. The number of amides is 3. The molecule has 10 nitrogen and oxygen atoms in total. The summed E-state index contributed by atoms with van der Waals surface area (Å²) < 4.78 is 10.1. The van der Waals surface area contributed by atoms with Gasteiger partial charge in [-0.2, -0.15) is 0 Å². The van der Waals surface area contributed by atoms with Crippen LogP contribution in [0.15, 0.2) is 48.5 Å². The number of carbonyl (C=O) groups is 5. The van der Waals surface area contributed by atoms with E-state index in [9.17, 15) is 24.0 Å². The molecule has 0 spiro atoms. The van der Waals surface area contributed by atoms with Crippen molar-refractivity contribution in [1.29, 1.82) is 0 Å². The molecule has 0 radical (unpaired) electrons. The van der Waals surface area contributed by atoms with Crippen LogP contribution in [-0.2, 0) is 40.0 Å². The number of carbonyl (C=O) groups excluding carboxylic acids is 5. The number of ether oxygens (including phenoxy) is 2. The average molecular weight is 585 g/mol. The molecule has 0 aromatic heterocycles. The van der Waals surface area contributed by atoms with Crippen LogP contribution in [0.1, 0.15) is 42.4 Å². The summed E-state index contributed by atoms with van der Waals surface area (Å²) in [7, 11) is 2.82. The molecule has 2 aliphatic heterocycles. The Kier molecular flexibility index (Phi) is 10.6. The number of anilines is 1. The van der Waals surface area contributed by atoms with Gasteiger partial charge in [-0.15, -0.1) is 0 Å². The lowest BCUT2D eigenvalue weighted by atomic mass is 10.0. The molecule has 3 amide bonds. The first-order valence-electron chi connectivity index (χ1n) is 12.7. The van der Waals surface area contributed by atoms with Crippen LogP contribution < -0.4 is 4.90 Å². The van der Waals surface area contributed by atoms with Crippen molar-refractivity contribution < 1.29 is 38.3 Å². The van der Waals surface area contributed by atoms with Gasteiger partial charge in [-0.25, -0.2) is 4.79 Å². The molecule has 2 aromatic carbocycles. The fourth-order valence-electron chi connectivity index (χ4n) is 4.01. The highest BCUT2D eigenvalue weighted by atomic mass is 33.1. The largest absolute Gasteiger partial charge is 0.533 e. The van der Waals surface area contributed by atoms with Gasteiger partial charge in [0.25, 0.3) is 11.8 Å². The first-order valence-corrected chi connectivity index (χ1v) is 15.2. The first kappa shape index (κ1) is 29.2. The van der Waals surface area contributed by atoms with Crippen molar-refractivity contribution in [3.63, 3.8) is 0 Å². The number of hydrogen-bond donors (Lipinski definition) is 0. The zero-order valence-electron chi connectivity index (χ0n) is 21.6. The normalized spacial score (nSPS) is 15.0. The molecule has 1 fully saturated rings. The van der Waals surface area contributed by atoms with Crippen molar-refractivity contribution in [2.75, 3.05) is 29.6 Å². The predicted molar refractivity (Wildman–Crippen MR) is 152 cm³/mol. The van der Waals surface area contributed by atoms with Gasteiger partial charge in [-0.1, -0.05) is 81.3 Å². The molecule has 0 bridgehead atoms. The van der Waals surface area contributed by atoms with Gasteiger partial charge in [0.2, 0.25) is 5.91 Å². The summed E-state index contributed by atoms with van der Waals surface area (Å²) in [6.07, 6.45) is 2.96. The van der Waals surface area contributed by atoms with Gasteiger partial charge in [0.15, 0.2) is 0 Å². The van der Waals surface area contributed by atoms with E-state index in [0.717, 1.165) is 22.4 Å². The smallest absolute Gasteiger partial charge is 0.465 e. The monoisotopic (exact) mass is 584 g/mol. The third-order valence-corrected chi connectivity index (χ3v) is 8.30. The number of esters is 1. The maximum Gasteiger partial charge on any atom is 0.533 e. The molecule has 2 aromatic rings. The van der Waals surface area contributed by atoms with E-state index in [4.69, 9.17) is 9.47 Å². The lowest BCUT2D eigenvalue weighted by molar-refractivity contribution is -0.176. The van der Waals surface area contributed by atoms with Crippen molar-refractivity contribution >= 4 is 69.3 Å². The second kappa shape index (κ2) is 14.6. The highest BCUT2D eigenvalue weighted by Gasteiger charge is 2.33. The molecule has 0 aliphatic carbocycles. The summed E-state index contributed by atoms with van der Waals surface area (Å²) in [5.41, 5.74) is 3.81. The van der Waals surface area contributed by atoms with E-state index in [0.29, 0.717) is 23.1 Å². The number of hydroxylamine groups is 2. The number of hydrogen-bond acceptors (Lipinski definition) is 10. The Morgan fingerprint density at radius 3 is 2.15 bits per heavy atom. The maximum atomic E-state index is 13.2. The predicted octanol–water partition coefficient (Wildman–Crippen LogP) is 4.63. The van der Waals surface area contributed by atoms with Crippen molar-refractivity contribution in [2.24, 2.45) is 0 Å². The van der Waals surface area contributed by atoms with Gasteiger partial charge >= 0.3 is 12.1 Å². The molecule has 4 rings (SSSR count). The maximum absolute atomic E-state index is 13.2. The first-order chi connectivity index (χ1) is 19.4. The molecule has 1 saturated heterocycles. The quantitative estimate of drug-likeness (QED) is 0.160. The van der Waals surface area contributed by atoms with Crippen LogP contribution in [0.25, 0.3) is 12.2 Å². The number of fused-ring (bicyclic) bond motifs is 2. The van der Waals surface area contributed by atoms with Crippen molar-refractivity contribution in [1.82, 2.24) is 5.06 Å². The molecular weight excluding hydrogens is 556 g/mol. The lowest BCUT2D eigenvalue weighted by Gasteiger charge is -2.27. The summed E-state index contributed by atoms with van der Waals surface area (Å²) in [6, 6.07) is 15.6. The SMILES string of the molecule is O=C(CCC(=O)N1Cc2ccccc2/C=C\c2ccccc21)OCCSSCCOC(=O)ON1C(=O)CCC1=O. The van der Waals surface area contributed by atoms with E-state index in [1.807, 2.05) is 60.7 Å². The minimum atomic E-state index is -1.11.